The van der Waals surface area contributed by atoms with Crippen molar-refractivity contribution in [1.29, 1.82) is 0 Å². The van der Waals surface area contributed by atoms with Gasteiger partial charge in [-0.1, -0.05) is 0 Å². The first kappa shape index (κ1) is 10.0. The standard InChI is InChI=1S/C10H11NO3S/c1-12-7-4-6-10(15-5-11-6)9(14-3)8(7)13-2/h4-5H,1-3H3. The van der Waals surface area contributed by atoms with E-state index < -0.39 is 0 Å². The third-order valence-electron chi connectivity index (χ3n) is 2.13. The molecule has 0 aliphatic heterocycles. The van der Waals surface area contributed by atoms with Gasteiger partial charge in [0.1, 0.15) is 4.70 Å². The van der Waals surface area contributed by atoms with E-state index in [9.17, 15) is 0 Å². The lowest BCUT2D eigenvalue weighted by Crippen LogP contribution is -1.94. The summed E-state index contributed by atoms with van der Waals surface area (Å²) < 4.78 is 16.8. The highest BCUT2D eigenvalue weighted by Crippen LogP contribution is 2.44. The van der Waals surface area contributed by atoms with Gasteiger partial charge in [0, 0.05) is 6.07 Å². The maximum Gasteiger partial charge on any atom is 0.204 e. The number of methoxy groups -OCH3 is 3. The van der Waals surface area contributed by atoms with Gasteiger partial charge in [-0.15, -0.1) is 11.3 Å². The number of benzene rings is 1. The summed E-state index contributed by atoms with van der Waals surface area (Å²) in [4.78, 5) is 4.21. The molecule has 0 aliphatic rings. The van der Waals surface area contributed by atoms with Crippen LogP contribution in [0.25, 0.3) is 10.2 Å². The summed E-state index contributed by atoms with van der Waals surface area (Å²) in [6.45, 7) is 0. The van der Waals surface area contributed by atoms with E-state index in [-0.39, 0.29) is 0 Å². The summed E-state index contributed by atoms with van der Waals surface area (Å²) in [5.74, 6) is 1.92. The molecule has 0 aliphatic carbocycles. The van der Waals surface area contributed by atoms with E-state index >= 15 is 0 Å². The summed E-state index contributed by atoms with van der Waals surface area (Å²) in [6.07, 6.45) is 0. The molecular formula is C10H11NO3S. The van der Waals surface area contributed by atoms with E-state index in [4.69, 9.17) is 14.2 Å². The monoisotopic (exact) mass is 225 g/mol. The third kappa shape index (κ3) is 1.48. The second-order valence-corrected chi connectivity index (χ2v) is 3.70. The first-order chi connectivity index (χ1) is 7.31. The van der Waals surface area contributed by atoms with Gasteiger partial charge in [-0.2, -0.15) is 0 Å². The average molecular weight is 225 g/mol. The van der Waals surface area contributed by atoms with Crippen molar-refractivity contribution in [3.05, 3.63) is 11.6 Å². The zero-order valence-electron chi connectivity index (χ0n) is 8.73. The van der Waals surface area contributed by atoms with Gasteiger partial charge in [-0.05, 0) is 0 Å². The van der Waals surface area contributed by atoms with Crippen LogP contribution >= 0.6 is 11.3 Å². The zero-order chi connectivity index (χ0) is 10.8. The van der Waals surface area contributed by atoms with Crippen molar-refractivity contribution in [2.45, 2.75) is 0 Å². The molecule has 2 rings (SSSR count). The molecule has 0 saturated heterocycles. The van der Waals surface area contributed by atoms with Crippen molar-refractivity contribution in [3.8, 4) is 17.2 Å². The molecule has 0 N–H and O–H groups in total. The summed E-state index contributed by atoms with van der Waals surface area (Å²) >= 11 is 1.52. The number of nitrogens with zero attached hydrogens (tertiary/aromatic N) is 1. The van der Waals surface area contributed by atoms with Crippen LogP contribution in [0.1, 0.15) is 0 Å². The van der Waals surface area contributed by atoms with Crippen LogP contribution in [0.15, 0.2) is 11.6 Å². The minimum absolute atomic E-state index is 0.608. The Labute approximate surface area is 91.4 Å². The number of fused-ring (bicyclic) bond motifs is 1. The molecule has 0 radical (unpaired) electrons. The van der Waals surface area contributed by atoms with Gasteiger partial charge in [0.2, 0.25) is 5.75 Å². The smallest absolute Gasteiger partial charge is 0.204 e. The molecule has 80 valence electrons. The SMILES string of the molecule is COc1cc2ncsc2c(OC)c1OC. The van der Waals surface area contributed by atoms with Gasteiger partial charge < -0.3 is 14.2 Å². The van der Waals surface area contributed by atoms with Gasteiger partial charge in [0.15, 0.2) is 11.5 Å². The fourth-order valence-corrected chi connectivity index (χ4v) is 2.25. The van der Waals surface area contributed by atoms with Crippen molar-refractivity contribution in [2.24, 2.45) is 0 Å². The fourth-order valence-electron chi connectivity index (χ4n) is 1.46. The maximum atomic E-state index is 5.32. The van der Waals surface area contributed by atoms with Gasteiger partial charge in [0.25, 0.3) is 0 Å². The van der Waals surface area contributed by atoms with E-state index in [1.54, 1.807) is 26.8 Å². The maximum absolute atomic E-state index is 5.32. The summed E-state index contributed by atoms with van der Waals surface area (Å²) in [5.41, 5.74) is 2.63. The van der Waals surface area contributed by atoms with E-state index in [2.05, 4.69) is 4.98 Å². The molecule has 15 heavy (non-hydrogen) atoms. The molecule has 1 heterocycles. The van der Waals surface area contributed by atoms with Gasteiger partial charge >= 0.3 is 0 Å². The minimum Gasteiger partial charge on any atom is -0.493 e. The lowest BCUT2D eigenvalue weighted by molar-refractivity contribution is 0.327. The summed E-state index contributed by atoms with van der Waals surface area (Å²) in [7, 11) is 4.79. The number of aromatic nitrogens is 1. The topological polar surface area (TPSA) is 40.6 Å². The Morgan fingerprint density at radius 3 is 2.40 bits per heavy atom. The molecule has 0 atom stereocenters. The summed E-state index contributed by atoms with van der Waals surface area (Å²) in [5, 5.41) is 0. The van der Waals surface area contributed by atoms with E-state index in [1.807, 2.05) is 6.07 Å². The molecule has 0 spiro atoms. The molecule has 0 saturated carbocycles. The van der Waals surface area contributed by atoms with Crippen molar-refractivity contribution < 1.29 is 14.2 Å². The minimum atomic E-state index is 0.608. The molecule has 0 amide bonds. The largest absolute Gasteiger partial charge is 0.493 e. The van der Waals surface area contributed by atoms with Crippen LogP contribution in [0.4, 0.5) is 0 Å². The highest BCUT2D eigenvalue weighted by molar-refractivity contribution is 7.17. The molecule has 4 nitrogen and oxygen atoms in total. The molecule has 0 fully saturated rings. The molecular weight excluding hydrogens is 214 g/mol. The quantitative estimate of drug-likeness (QED) is 0.803. The third-order valence-corrected chi connectivity index (χ3v) is 2.97. The fraction of sp³-hybridized carbons (Fsp3) is 0.300. The van der Waals surface area contributed by atoms with E-state index in [0.717, 1.165) is 10.2 Å². The van der Waals surface area contributed by atoms with Crippen molar-refractivity contribution in [2.75, 3.05) is 21.3 Å². The Morgan fingerprint density at radius 2 is 1.80 bits per heavy atom. The Kier molecular flexibility index (Phi) is 2.64. The lowest BCUT2D eigenvalue weighted by Gasteiger charge is -2.11. The van der Waals surface area contributed by atoms with Crippen LogP contribution in [0, 0.1) is 0 Å². The van der Waals surface area contributed by atoms with Crippen molar-refractivity contribution in [3.63, 3.8) is 0 Å². The van der Waals surface area contributed by atoms with Crippen LogP contribution in [0.5, 0.6) is 17.2 Å². The van der Waals surface area contributed by atoms with Crippen LogP contribution < -0.4 is 14.2 Å². The van der Waals surface area contributed by atoms with Crippen molar-refractivity contribution >= 4 is 21.6 Å². The van der Waals surface area contributed by atoms with E-state index in [1.165, 1.54) is 11.3 Å². The first-order valence-electron chi connectivity index (χ1n) is 4.34. The number of hydrogen-bond acceptors (Lipinski definition) is 5. The van der Waals surface area contributed by atoms with Crippen LogP contribution in [-0.4, -0.2) is 26.3 Å². The Balaban J connectivity index is 2.78. The normalized spacial score (nSPS) is 10.3. The number of rotatable bonds is 3. The highest BCUT2D eigenvalue weighted by atomic mass is 32.1. The predicted molar refractivity (Wildman–Crippen MR) is 59.3 cm³/mol. The van der Waals surface area contributed by atoms with E-state index in [0.29, 0.717) is 17.2 Å². The first-order valence-corrected chi connectivity index (χ1v) is 5.22. The van der Waals surface area contributed by atoms with Crippen LogP contribution in [0.2, 0.25) is 0 Å². The summed E-state index contributed by atoms with van der Waals surface area (Å²) in [6, 6.07) is 1.84. The number of ether oxygens (including phenoxy) is 3. The number of hydrogen-bond donors (Lipinski definition) is 0. The molecule has 0 unspecified atom stereocenters. The van der Waals surface area contributed by atoms with Gasteiger partial charge in [-0.25, -0.2) is 4.98 Å². The molecule has 1 aromatic heterocycles. The predicted octanol–water partition coefficient (Wildman–Crippen LogP) is 2.32. The van der Waals surface area contributed by atoms with Gasteiger partial charge in [0.05, 0.1) is 32.4 Å². The van der Waals surface area contributed by atoms with Gasteiger partial charge in [-0.3, -0.25) is 0 Å². The molecule has 1 aromatic carbocycles. The Morgan fingerprint density at radius 1 is 1.07 bits per heavy atom. The average Bonchev–Trinajstić information content (AvgIpc) is 2.73. The molecule has 0 bridgehead atoms. The second kappa shape index (κ2) is 3.94. The van der Waals surface area contributed by atoms with Crippen LogP contribution in [-0.2, 0) is 0 Å². The van der Waals surface area contributed by atoms with Crippen LogP contribution in [0.3, 0.4) is 0 Å². The number of thiazole rings is 1. The molecule has 2 aromatic rings. The Hall–Kier alpha value is -1.49. The zero-order valence-corrected chi connectivity index (χ0v) is 9.55. The highest BCUT2D eigenvalue weighted by Gasteiger charge is 2.17. The van der Waals surface area contributed by atoms with Crippen molar-refractivity contribution in [1.82, 2.24) is 4.98 Å². The molecule has 5 heteroatoms. The Bertz CT molecular complexity index is 481. The lowest BCUT2D eigenvalue weighted by atomic mass is 10.2. The second-order valence-electron chi connectivity index (χ2n) is 2.85.